The number of benzene rings is 1. The van der Waals surface area contributed by atoms with Crippen molar-refractivity contribution >= 4 is 10.0 Å². The molecular weight excluding hydrogens is 260 g/mol. The van der Waals surface area contributed by atoms with Crippen molar-refractivity contribution in [3.63, 3.8) is 0 Å². The highest BCUT2D eigenvalue weighted by atomic mass is 32.2. The molecule has 0 aliphatic heterocycles. The van der Waals surface area contributed by atoms with Crippen molar-refractivity contribution in [1.29, 1.82) is 0 Å². The van der Waals surface area contributed by atoms with Gasteiger partial charge in [0.2, 0.25) is 10.0 Å². The van der Waals surface area contributed by atoms with Gasteiger partial charge in [0.25, 0.3) is 0 Å². The van der Waals surface area contributed by atoms with Gasteiger partial charge in [-0.05, 0) is 31.5 Å². The van der Waals surface area contributed by atoms with E-state index in [9.17, 15) is 8.42 Å². The third-order valence-corrected chi connectivity index (χ3v) is 5.18. The largest absolute Gasteiger partial charge is 0.316 e. The summed E-state index contributed by atoms with van der Waals surface area (Å²) in [5.74, 6) is 0. The first-order chi connectivity index (χ1) is 9.13. The molecule has 0 bridgehead atoms. The Kier molecular flexibility index (Phi) is 4.96. The Hall–Kier alpha value is -0.910. The van der Waals surface area contributed by atoms with Crippen molar-refractivity contribution < 1.29 is 8.42 Å². The van der Waals surface area contributed by atoms with Crippen LogP contribution in [0.2, 0.25) is 0 Å². The molecule has 0 heterocycles. The first-order valence-electron chi connectivity index (χ1n) is 6.88. The second-order valence-electron chi connectivity index (χ2n) is 5.09. The van der Waals surface area contributed by atoms with E-state index >= 15 is 0 Å². The Morgan fingerprint density at radius 2 is 1.84 bits per heavy atom. The van der Waals surface area contributed by atoms with Gasteiger partial charge < -0.3 is 5.32 Å². The fraction of sp³-hybridized carbons (Fsp3) is 0.571. The highest BCUT2D eigenvalue weighted by Gasteiger charge is 2.23. The Labute approximate surface area is 115 Å². The molecule has 106 valence electrons. The SMILES string of the molecule is CNCc1ccccc1S(=O)(=O)NC1CCCCC1. The fourth-order valence-corrected chi connectivity index (χ4v) is 4.15. The quantitative estimate of drug-likeness (QED) is 0.868. The second kappa shape index (κ2) is 6.50. The highest BCUT2D eigenvalue weighted by Crippen LogP contribution is 2.21. The van der Waals surface area contributed by atoms with Crippen LogP contribution < -0.4 is 10.0 Å². The molecule has 0 spiro atoms. The van der Waals surface area contributed by atoms with Crippen LogP contribution in [-0.2, 0) is 16.6 Å². The molecule has 0 aromatic heterocycles. The first-order valence-corrected chi connectivity index (χ1v) is 8.36. The molecule has 1 aliphatic carbocycles. The lowest BCUT2D eigenvalue weighted by atomic mass is 9.96. The Bertz CT molecular complexity index is 508. The van der Waals surface area contributed by atoms with Gasteiger partial charge in [0, 0.05) is 12.6 Å². The molecule has 0 saturated heterocycles. The van der Waals surface area contributed by atoms with Gasteiger partial charge in [-0.3, -0.25) is 0 Å². The molecule has 5 heteroatoms. The minimum Gasteiger partial charge on any atom is -0.316 e. The van der Waals surface area contributed by atoms with E-state index in [1.54, 1.807) is 12.1 Å². The maximum absolute atomic E-state index is 12.5. The third-order valence-electron chi connectivity index (χ3n) is 3.56. The highest BCUT2D eigenvalue weighted by molar-refractivity contribution is 7.89. The fourth-order valence-electron chi connectivity index (χ4n) is 2.61. The molecule has 1 fully saturated rings. The van der Waals surface area contributed by atoms with Crippen LogP contribution in [0.15, 0.2) is 29.2 Å². The summed E-state index contributed by atoms with van der Waals surface area (Å²) in [5.41, 5.74) is 0.813. The summed E-state index contributed by atoms with van der Waals surface area (Å²) in [4.78, 5) is 0.398. The molecule has 1 aliphatic rings. The third kappa shape index (κ3) is 3.78. The van der Waals surface area contributed by atoms with Crippen molar-refractivity contribution in [2.75, 3.05) is 7.05 Å². The minimum atomic E-state index is -3.40. The first kappa shape index (κ1) is 14.5. The molecule has 0 radical (unpaired) electrons. The maximum atomic E-state index is 12.5. The molecular formula is C14H22N2O2S. The van der Waals surface area contributed by atoms with Crippen molar-refractivity contribution in [3.8, 4) is 0 Å². The number of sulfonamides is 1. The van der Waals surface area contributed by atoms with Crippen LogP contribution in [0, 0.1) is 0 Å². The summed E-state index contributed by atoms with van der Waals surface area (Å²) < 4.78 is 27.8. The second-order valence-corrected chi connectivity index (χ2v) is 6.78. The van der Waals surface area contributed by atoms with Crippen LogP contribution in [-0.4, -0.2) is 21.5 Å². The number of hydrogen-bond acceptors (Lipinski definition) is 3. The van der Waals surface area contributed by atoms with E-state index in [1.807, 2.05) is 19.2 Å². The summed E-state index contributed by atoms with van der Waals surface area (Å²) in [6.45, 7) is 0.557. The number of hydrogen-bond donors (Lipinski definition) is 2. The summed E-state index contributed by atoms with van der Waals surface area (Å²) in [5, 5.41) is 3.01. The zero-order chi connectivity index (χ0) is 13.7. The number of nitrogens with one attached hydrogen (secondary N) is 2. The maximum Gasteiger partial charge on any atom is 0.241 e. The lowest BCUT2D eigenvalue weighted by Crippen LogP contribution is -2.36. The molecule has 1 saturated carbocycles. The van der Waals surface area contributed by atoms with E-state index in [-0.39, 0.29) is 6.04 Å². The zero-order valence-electron chi connectivity index (χ0n) is 11.4. The summed E-state index contributed by atoms with van der Waals surface area (Å²) in [6, 6.07) is 7.27. The van der Waals surface area contributed by atoms with Gasteiger partial charge >= 0.3 is 0 Å². The van der Waals surface area contributed by atoms with Gasteiger partial charge in [0.05, 0.1) is 4.90 Å². The van der Waals surface area contributed by atoms with Gasteiger partial charge in [0.15, 0.2) is 0 Å². The predicted molar refractivity (Wildman–Crippen MR) is 76.4 cm³/mol. The van der Waals surface area contributed by atoms with Crippen molar-refractivity contribution in [2.45, 2.75) is 49.6 Å². The van der Waals surface area contributed by atoms with Gasteiger partial charge in [-0.2, -0.15) is 0 Å². The summed E-state index contributed by atoms with van der Waals surface area (Å²) in [6.07, 6.45) is 5.35. The van der Waals surface area contributed by atoms with Crippen molar-refractivity contribution in [2.24, 2.45) is 0 Å². The van der Waals surface area contributed by atoms with Gasteiger partial charge in [-0.15, -0.1) is 0 Å². The molecule has 2 N–H and O–H groups in total. The van der Waals surface area contributed by atoms with E-state index < -0.39 is 10.0 Å². The van der Waals surface area contributed by atoms with Crippen LogP contribution >= 0.6 is 0 Å². The Morgan fingerprint density at radius 1 is 1.16 bits per heavy atom. The van der Waals surface area contributed by atoms with Crippen LogP contribution in [0.4, 0.5) is 0 Å². The summed E-state index contributed by atoms with van der Waals surface area (Å²) >= 11 is 0. The average Bonchev–Trinajstić information content (AvgIpc) is 2.40. The zero-order valence-corrected chi connectivity index (χ0v) is 12.2. The molecule has 0 atom stereocenters. The predicted octanol–water partition coefficient (Wildman–Crippen LogP) is 2.02. The van der Waals surface area contributed by atoms with Crippen LogP contribution in [0.3, 0.4) is 0 Å². The molecule has 4 nitrogen and oxygen atoms in total. The van der Waals surface area contributed by atoms with Crippen LogP contribution in [0.25, 0.3) is 0 Å². The monoisotopic (exact) mass is 282 g/mol. The van der Waals surface area contributed by atoms with Crippen molar-refractivity contribution in [1.82, 2.24) is 10.0 Å². The standard InChI is InChI=1S/C14H22N2O2S/c1-15-11-12-7-5-6-10-14(12)19(17,18)16-13-8-3-2-4-9-13/h5-7,10,13,15-16H,2-4,8-9,11H2,1H3. The van der Waals surface area contributed by atoms with E-state index in [0.29, 0.717) is 11.4 Å². The topological polar surface area (TPSA) is 58.2 Å². The van der Waals surface area contributed by atoms with Crippen LogP contribution in [0.5, 0.6) is 0 Å². The van der Waals surface area contributed by atoms with E-state index in [2.05, 4.69) is 10.0 Å². The lowest BCUT2D eigenvalue weighted by Gasteiger charge is -2.23. The Morgan fingerprint density at radius 3 is 2.53 bits per heavy atom. The normalized spacial score (nSPS) is 17.5. The number of rotatable bonds is 5. The smallest absolute Gasteiger partial charge is 0.241 e. The van der Waals surface area contributed by atoms with Gasteiger partial charge in [-0.25, -0.2) is 13.1 Å². The van der Waals surface area contributed by atoms with E-state index in [1.165, 1.54) is 6.42 Å². The van der Waals surface area contributed by atoms with Gasteiger partial charge in [0.1, 0.15) is 0 Å². The Balaban J connectivity index is 2.18. The molecule has 0 unspecified atom stereocenters. The average molecular weight is 282 g/mol. The van der Waals surface area contributed by atoms with E-state index in [4.69, 9.17) is 0 Å². The summed E-state index contributed by atoms with van der Waals surface area (Å²) in [7, 11) is -1.59. The minimum absolute atomic E-state index is 0.0985. The molecule has 2 rings (SSSR count). The van der Waals surface area contributed by atoms with Crippen molar-refractivity contribution in [3.05, 3.63) is 29.8 Å². The molecule has 1 aromatic rings. The molecule has 19 heavy (non-hydrogen) atoms. The van der Waals surface area contributed by atoms with E-state index in [0.717, 1.165) is 31.2 Å². The molecule has 0 amide bonds. The molecule has 1 aromatic carbocycles. The van der Waals surface area contributed by atoms with Gasteiger partial charge in [-0.1, -0.05) is 37.5 Å². The lowest BCUT2D eigenvalue weighted by molar-refractivity contribution is 0.412. The van der Waals surface area contributed by atoms with Crippen LogP contribution in [0.1, 0.15) is 37.7 Å².